The smallest absolute Gasteiger partial charge is 0.0404 e. The molecular formula is C14H19N. The van der Waals surface area contributed by atoms with E-state index in [1.54, 1.807) is 12.3 Å². The minimum absolute atomic E-state index is 1.11. The summed E-state index contributed by atoms with van der Waals surface area (Å²) in [5, 5.41) is 3.24. The van der Waals surface area contributed by atoms with Crippen molar-refractivity contribution in [1.82, 2.24) is 5.32 Å². The van der Waals surface area contributed by atoms with Gasteiger partial charge in [0, 0.05) is 5.70 Å². The Labute approximate surface area is 92.6 Å². The van der Waals surface area contributed by atoms with Crippen LogP contribution in [0, 0.1) is 0 Å². The number of allylic oxidation sites excluding steroid dienone is 6. The lowest BCUT2D eigenvalue weighted by Gasteiger charge is -2.06. The summed E-state index contributed by atoms with van der Waals surface area (Å²) in [4.78, 5) is 0. The van der Waals surface area contributed by atoms with Gasteiger partial charge in [0.25, 0.3) is 0 Å². The average molecular weight is 201 g/mol. The van der Waals surface area contributed by atoms with Crippen LogP contribution in [-0.2, 0) is 0 Å². The Bertz CT molecular complexity index is 329. The molecule has 15 heavy (non-hydrogen) atoms. The lowest BCUT2D eigenvalue weighted by atomic mass is 10.1. The Balaban J connectivity index is 2.87. The highest BCUT2D eigenvalue weighted by Gasteiger charge is 2.16. The molecule has 0 fully saturated rings. The zero-order chi connectivity index (χ0) is 11.1. The molecule has 80 valence electrons. The molecule has 0 aromatic heterocycles. The Morgan fingerprint density at radius 2 is 2.07 bits per heavy atom. The van der Waals surface area contributed by atoms with Crippen LogP contribution in [0.4, 0.5) is 0 Å². The van der Waals surface area contributed by atoms with E-state index in [1.807, 2.05) is 12.2 Å². The first-order valence-corrected chi connectivity index (χ1v) is 5.41. The van der Waals surface area contributed by atoms with Crippen LogP contribution in [0.15, 0.2) is 60.5 Å². The molecule has 0 radical (unpaired) electrons. The summed E-state index contributed by atoms with van der Waals surface area (Å²) in [6, 6.07) is 0. The number of hydrogen-bond donors (Lipinski definition) is 1. The molecular weight excluding hydrogens is 182 g/mol. The number of hydrogen-bond acceptors (Lipinski definition) is 1. The molecule has 0 aliphatic heterocycles. The Morgan fingerprint density at radius 1 is 1.27 bits per heavy atom. The third-order valence-corrected chi connectivity index (χ3v) is 2.59. The largest absolute Gasteiger partial charge is 0.362 e. The second-order valence-corrected chi connectivity index (χ2v) is 3.49. The minimum atomic E-state index is 1.11. The van der Waals surface area contributed by atoms with E-state index in [9.17, 15) is 0 Å². The lowest BCUT2D eigenvalue weighted by Crippen LogP contribution is -2.05. The van der Waals surface area contributed by atoms with Crippen molar-refractivity contribution in [2.24, 2.45) is 0 Å². The van der Waals surface area contributed by atoms with Gasteiger partial charge in [-0.2, -0.15) is 0 Å². The molecule has 0 spiro atoms. The predicted octanol–water partition coefficient (Wildman–Crippen LogP) is 3.85. The Morgan fingerprint density at radius 3 is 2.67 bits per heavy atom. The molecule has 0 bridgehead atoms. The second-order valence-electron chi connectivity index (χ2n) is 3.49. The van der Waals surface area contributed by atoms with Gasteiger partial charge in [0.05, 0.1) is 0 Å². The summed E-state index contributed by atoms with van der Waals surface area (Å²) in [7, 11) is 0. The van der Waals surface area contributed by atoms with Crippen molar-refractivity contribution in [3.05, 3.63) is 60.5 Å². The fourth-order valence-corrected chi connectivity index (χ4v) is 1.83. The Kier molecular flexibility index (Phi) is 4.69. The van der Waals surface area contributed by atoms with Gasteiger partial charge in [-0.1, -0.05) is 44.4 Å². The summed E-state index contributed by atoms with van der Waals surface area (Å²) in [6.45, 7) is 9.57. The van der Waals surface area contributed by atoms with Gasteiger partial charge in [0.15, 0.2) is 0 Å². The van der Waals surface area contributed by atoms with Crippen molar-refractivity contribution in [1.29, 1.82) is 0 Å². The van der Waals surface area contributed by atoms with E-state index in [0.29, 0.717) is 0 Å². The Hall–Kier alpha value is -1.50. The fourth-order valence-electron chi connectivity index (χ4n) is 1.83. The van der Waals surface area contributed by atoms with Crippen LogP contribution in [0.2, 0.25) is 0 Å². The van der Waals surface area contributed by atoms with E-state index in [2.05, 4.69) is 31.5 Å². The molecule has 0 amide bonds. The van der Waals surface area contributed by atoms with Crippen LogP contribution in [0.3, 0.4) is 0 Å². The van der Waals surface area contributed by atoms with Gasteiger partial charge in [-0.15, -0.1) is 0 Å². The molecule has 1 rings (SSSR count). The van der Waals surface area contributed by atoms with Crippen LogP contribution in [0.5, 0.6) is 0 Å². The monoisotopic (exact) mass is 201 g/mol. The maximum Gasteiger partial charge on any atom is 0.0404 e. The van der Waals surface area contributed by atoms with E-state index in [-0.39, 0.29) is 0 Å². The molecule has 0 saturated carbocycles. The quantitative estimate of drug-likeness (QED) is 0.666. The molecule has 0 unspecified atom stereocenters. The molecule has 1 aliphatic carbocycles. The molecule has 0 heterocycles. The maximum atomic E-state index is 3.72. The number of nitrogens with one attached hydrogen (secondary N) is 1. The van der Waals surface area contributed by atoms with E-state index in [0.717, 1.165) is 12.8 Å². The van der Waals surface area contributed by atoms with Crippen molar-refractivity contribution in [2.45, 2.75) is 26.2 Å². The molecule has 0 aromatic rings. The average Bonchev–Trinajstić information content (AvgIpc) is 2.62. The standard InChI is InChI=1S/C14H19N/c1-4-7-8-9-13-11-10-12(5-2)14(13)15-6-3/h4,6-9,15H,1,3,5,10-11H2,2H3/b8-7-,13-9+. The summed E-state index contributed by atoms with van der Waals surface area (Å²) in [6.07, 6.45) is 13.1. The van der Waals surface area contributed by atoms with Crippen LogP contribution in [0.25, 0.3) is 0 Å². The zero-order valence-electron chi connectivity index (χ0n) is 9.42. The van der Waals surface area contributed by atoms with Crippen molar-refractivity contribution < 1.29 is 0 Å². The van der Waals surface area contributed by atoms with Crippen molar-refractivity contribution >= 4 is 0 Å². The topological polar surface area (TPSA) is 12.0 Å². The van der Waals surface area contributed by atoms with E-state index >= 15 is 0 Å². The van der Waals surface area contributed by atoms with Gasteiger partial charge >= 0.3 is 0 Å². The number of rotatable bonds is 5. The molecule has 0 aromatic carbocycles. The normalized spacial score (nSPS) is 18.9. The van der Waals surface area contributed by atoms with Gasteiger partial charge in [-0.05, 0) is 36.6 Å². The van der Waals surface area contributed by atoms with E-state index in [1.165, 1.54) is 23.3 Å². The minimum Gasteiger partial charge on any atom is -0.362 e. The molecule has 1 aliphatic rings. The van der Waals surface area contributed by atoms with Crippen molar-refractivity contribution in [3.8, 4) is 0 Å². The van der Waals surface area contributed by atoms with E-state index < -0.39 is 0 Å². The predicted molar refractivity (Wildman–Crippen MR) is 67.3 cm³/mol. The van der Waals surface area contributed by atoms with Crippen LogP contribution < -0.4 is 5.32 Å². The summed E-state index contributed by atoms with van der Waals surface area (Å²) >= 11 is 0. The highest BCUT2D eigenvalue weighted by Crippen LogP contribution is 2.31. The maximum absolute atomic E-state index is 3.72. The summed E-state index contributed by atoms with van der Waals surface area (Å²) < 4.78 is 0. The first-order valence-electron chi connectivity index (χ1n) is 5.41. The van der Waals surface area contributed by atoms with Gasteiger partial charge in [0.2, 0.25) is 0 Å². The first-order chi connectivity index (χ1) is 7.33. The second kappa shape index (κ2) is 6.07. The molecule has 1 N–H and O–H groups in total. The van der Waals surface area contributed by atoms with Gasteiger partial charge in [-0.3, -0.25) is 0 Å². The van der Waals surface area contributed by atoms with Crippen molar-refractivity contribution in [3.63, 3.8) is 0 Å². The lowest BCUT2D eigenvalue weighted by molar-refractivity contribution is 0.937. The molecule has 0 atom stereocenters. The van der Waals surface area contributed by atoms with Crippen LogP contribution in [0.1, 0.15) is 26.2 Å². The first kappa shape index (κ1) is 11.6. The third-order valence-electron chi connectivity index (χ3n) is 2.59. The SMILES string of the molecule is C=C/C=C\C=C1/CCC(CC)=C1NC=C. The van der Waals surface area contributed by atoms with Gasteiger partial charge in [0.1, 0.15) is 0 Å². The third kappa shape index (κ3) is 2.98. The van der Waals surface area contributed by atoms with Crippen LogP contribution >= 0.6 is 0 Å². The summed E-state index contributed by atoms with van der Waals surface area (Å²) in [5.41, 5.74) is 4.12. The van der Waals surface area contributed by atoms with Gasteiger partial charge in [-0.25, -0.2) is 0 Å². The molecule has 1 heteroatoms. The van der Waals surface area contributed by atoms with Crippen LogP contribution in [-0.4, -0.2) is 0 Å². The van der Waals surface area contributed by atoms with Crippen molar-refractivity contribution in [2.75, 3.05) is 0 Å². The molecule has 1 nitrogen and oxygen atoms in total. The van der Waals surface area contributed by atoms with Gasteiger partial charge < -0.3 is 5.32 Å². The highest BCUT2D eigenvalue weighted by molar-refractivity contribution is 5.42. The highest BCUT2D eigenvalue weighted by atomic mass is 14.9. The fraction of sp³-hybridized carbons (Fsp3) is 0.286. The zero-order valence-corrected chi connectivity index (χ0v) is 9.42. The summed E-state index contributed by atoms with van der Waals surface area (Å²) in [5.74, 6) is 0. The van der Waals surface area contributed by atoms with E-state index in [4.69, 9.17) is 0 Å². The molecule has 0 saturated heterocycles.